The Morgan fingerprint density at radius 3 is 2.79 bits per heavy atom. The number of halogens is 1. The fraction of sp³-hybridized carbons (Fsp3) is 0.500. The third-order valence-corrected chi connectivity index (χ3v) is 4.32. The van der Waals surface area contributed by atoms with Gasteiger partial charge in [-0.3, -0.25) is 4.79 Å². The standard InChI is InChI=1S/C14H16BrNO3/c15-11-6-10(8-17)13-14(19-5-4-18-13)12(11)9-2-1-3-16-7-9/h6,8-9,16H,1-5,7H2. The number of benzene rings is 1. The molecule has 102 valence electrons. The first-order chi connectivity index (χ1) is 9.31. The van der Waals surface area contributed by atoms with Crippen molar-refractivity contribution in [2.75, 3.05) is 26.3 Å². The molecule has 1 saturated heterocycles. The molecule has 0 saturated carbocycles. The summed E-state index contributed by atoms with van der Waals surface area (Å²) in [6.07, 6.45) is 3.10. The molecule has 2 heterocycles. The van der Waals surface area contributed by atoms with Gasteiger partial charge in [-0.05, 0) is 25.5 Å². The first-order valence-electron chi connectivity index (χ1n) is 6.59. The number of piperidine rings is 1. The predicted octanol–water partition coefficient (Wildman–Crippen LogP) is 2.50. The van der Waals surface area contributed by atoms with E-state index in [-0.39, 0.29) is 0 Å². The molecule has 2 aliphatic heterocycles. The lowest BCUT2D eigenvalue weighted by molar-refractivity contribution is 0.111. The molecular formula is C14H16BrNO3. The van der Waals surface area contributed by atoms with E-state index >= 15 is 0 Å². The van der Waals surface area contributed by atoms with Crippen molar-refractivity contribution in [1.82, 2.24) is 5.32 Å². The fourth-order valence-electron chi connectivity index (χ4n) is 2.79. The van der Waals surface area contributed by atoms with E-state index in [1.165, 1.54) is 0 Å². The second-order valence-electron chi connectivity index (χ2n) is 4.88. The Labute approximate surface area is 120 Å². The normalized spacial score (nSPS) is 22.1. The minimum absolute atomic E-state index is 0.402. The lowest BCUT2D eigenvalue weighted by Gasteiger charge is -2.29. The Balaban J connectivity index is 2.09. The van der Waals surface area contributed by atoms with E-state index in [1.807, 2.05) is 6.07 Å². The van der Waals surface area contributed by atoms with Crippen LogP contribution in [0.5, 0.6) is 11.5 Å². The van der Waals surface area contributed by atoms with E-state index in [9.17, 15) is 4.79 Å². The Kier molecular flexibility index (Phi) is 3.75. The van der Waals surface area contributed by atoms with Gasteiger partial charge in [0.05, 0.1) is 5.56 Å². The van der Waals surface area contributed by atoms with Crippen LogP contribution in [0.1, 0.15) is 34.7 Å². The number of hydrogen-bond donors (Lipinski definition) is 1. The largest absolute Gasteiger partial charge is 0.486 e. The lowest BCUT2D eigenvalue weighted by Crippen LogP contribution is -2.29. The van der Waals surface area contributed by atoms with Crippen LogP contribution in [0, 0.1) is 0 Å². The van der Waals surface area contributed by atoms with E-state index in [0.717, 1.165) is 48.0 Å². The molecule has 2 aliphatic rings. The first kappa shape index (κ1) is 12.9. The zero-order valence-corrected chi connectivity index (χ0v) is 12.2. The van der Waals surface area contributed by atoms with Gasteiger partial charge in [0.1, 0.15) is 13.2 Å². The number of ether oxygens (including phenoxy) is 2. The third kappa shape index (κ3) is 2.37. The molecule has 1 atom stereocenters. The number of carbonyl (C=O) groups excluding carboxylic acids is 1. The first-order valence-corrected chi connectivity index (χ1v) is 7.38. The molecule has 5 heteroatoms. The van der Waals surface area contributed by atoms with E-state index in [0.29, 0.717) is 30.4 Å². The zero-order chi connectivity index (χ0) is 13.2. The molecule has 0 aliphatic carbocycles. The highest BCUT2D eigenvalue weighted by Crippen LogP contribution is 2.45. The van der Waals surface area contributed by atoms with Crippen molar-refractivity contribution >= 4 is 22.2 Å². The van der Waals surface area contributed by atoms with Crippen molar-refractivity contribution in [3.63, 3.8) is 0 Å². The van der Waals surface area contributed by atoms with Crippen molar-refractivity contribution in [1.29, 1.82) is 0 Å². The second kappa shape index (κ2) is 5.51. The lowest BCUT2D eigenvalue weighted by atomic mass is 9.90. The van der Waals surface area contributed by atoms with Gasteiger partial charge in [-0.1, -0.05) is 15.9 Å². The van der Waals surface area contributed by atoms with Gasteiger partial charge in [-0.15, -0.1) is 0 Å². The van der Waals surface area contributed by atoms with Crippen molar-refractivity contribution in [3.05, 3.63) is 21.7 Å². The molecule has 19 heavy (non-hydrogen) atoms. The van der Waals surface area contributed by atoms with Crippen molar-refractivity contribution in [2.24, 2.45) is 0 Å². The van der Waals surface area contributed by atoms with Crippen LogP contribution in [0.2, 0.25) is 0 Å². The molecule has 1 fully saturated rings. The van der Waals surface area contributed by atoms with Crippen molar-refractivity contribution in [2.45, 2.75) is 18.8 Å². The van der Waals surface area contributed by atoms with Crippen LogP contribution in [0.15, 0.2) is 10.5 Å². The van der Waals surface area contributed by atoms with Crippen LogP contribution in [-0.4, -0.2) is 32.6 Å². The predicted molar refractivity (Wildman–Crippen MR) is 75.4 cm³/mol. The molecule has 0 bridgehead atoms. The van der Waals surface area contributed by atoms with Gasteiger partial charge < -0.3 is 14.8 Å². The van der Waals surface area contributed by atoms with Crippen molar-refractivity contribution in [3.8, 4) is 11.5 Å². The van der Waals surface area contributed by atoms with Gasteiger partial charge in [-0.2, -0.15) is 0 Å². The average Bonchev–Trinajstić information content (AvgIpc) is 2.47. The highest BCUT2D eigenvalue weighted by atomic mass is 79.9. The van der Waals surface area contributed by atoms with Crippen LogP contribution >= 0.6 is 15.9 Å². The summed E-state index contributed by atoms with van der Waals surface area (Å²) >= 11 is 3.58. The number of carbonyl (C=O) groups is 1. The molecule has 0 aromatic heterocycles. The zero-order valence-electron chi connectivity index (χ0n) is 10.6. The summed E-state index contributed by atoms with van der Waals surface area (Å²) < 4.78 is 12.4. The SMILES string of the molecule is O=Cc1cc(Br)c(C2CCCNC2)c2c1OCCO2. The maximum atomic E-state index is 11.1. The van der Waals surface area contributed by atoms with Gasteiger partial charge in [0.2, 0.25) is 0 Å². The minimum atomic E-state index is 0.402. The van der Waals surface area contributed by atoms with Gasteiger partial charge in [0.25, 0.3) is 0 Å². The highest BCUT2D eigenvalue weighted by Gasteiger charge is 2.28. The number of rotatable bonds is 2. The van der Waals surface area contributed by atoms with Crippen LogP contribution in [0.25, 0.3) is 0 Å². The monoisotopic (exact) mass is 325 g/mol. The summed E-state index contributed by atoms with van der Waals surface area (Å²) in [5.41, 5.74) is 1.68. The van der Waals surface area contributed by atoms with E-state index in [4.69, 9.17) is 9.47 Å². The summed E-state index contributed by atoms with van der Waals surface area (Å²) in [4.78, 5) is 11.1. The molecular weight excluding hydrogens is 310 g/mol. The Morgan fingerprint density at radius 1 is 1.32 bits per heavy atom. The second-order valence-corrected chi connectivity index (χ2v) is 5.73. The van der Waals surface area contributed by atoms with E-state index < -0.39 is 0 Å². The molecule has 3 rings (SSSR count). The van der Waals surface area contributed by atoms with Crippen molar-refractivity contribution < 1.29 is 14.3 Å². The third-order valence-electron chi connectivity index (χ3n) is 3.66. The maximum absolute atomic E-state index is 11.1. The molecule has 0 radical (unpaired) electrons. The molecule has 1 N–H and O–H groups in total. The summed E-state index contributed by atoms with van der Waals surface area (Å²) in [7, 11) is 0. The number of fused-ring (bicyclic) bond motifs is 1. The van der Waals surface area contributed by atoms with E-state index in [2.05, 4.69) is 21.2 Å². The van der Waals surface area contributed by atoms with Crippen LogP contribution in [0.4, 0.5) is 0 Å². The summed E-state index contributed by atoms with van der Waals surface area (Å²) in [6, 6.07) is 1.84. The fourth-order valence-corrected chi connectivity index (χ4v) is 3.54. The smallest absolute Gasteiger partial charge is 0.172 e. The van der Waals surface area contributed by atoms with Gasteiger partial charge in [0, 0.05) is 22.5 Å². The Bertz CT molecular complexity index is 498. The molecule has 0 amide bonds. The van der Waals surface area contributed by atoms with Crippen LogP contribution in [-0.2, 0) is 0 Å². The molecule has 1 aromatic carbocycles. The van der Waals surface area contributed by atoms with Gasteiger partial charge in [-0.25, -0.2) is 0 Å². The van der Waals surface area contributed by atoms with E-state index in [1.54, 1.807) is 0 Å². The highest BCUT2D eigenvalue weighted by molar-refractivity contribution is 9.10. The quantitative estimate of drug-likeness (QED) is 0.849. The average molecular weight is 326 g/mol. The molecule has 4 nitrogen and oxygen atoms in total. The molecule has 0 spiro atoms. The van der Waals surface area contributed by atoms with Crippen LogP contribution in [0.3, 0.4) is 0 Å². The molecule has 1 unspecified atom stereocenters. The molecule has 1 aromatic rings. The van der Waals surface area contributed by atoms with Gasteiger partial charge >= 0.3 is 0 Å². The maximum Gasteiger partial charge on any atom is 0.172 e. The number of aldehydes is 1. The summed E-state index contributed by atoms with van der Waals surface area (Å²) in [5.74, 6) is 1.75. The topological polar surface area (TPSA) is 47.6 Å². The summed E-state index contributed by atoms with van der Waals surface area (Å²) in [5, 5.41) is 3.41. The Hall–Kier alpha value is -1.07. The number of hydrogen-bond acceptors (Lipinski definition) is 4. The van der Waals surface area contributed by atoms with Crippen LogP contribution < -0.4 is 14.8 Å². The Morgan fingerprint density at radius 2 is 2.11 bits per heavy atom. The number of nitrogens with one attached hydrogen (secondary N) is 1. The minimum Gasteiger partial charge on any atom is -0.486 e. The summed E-state index contributed by atoms with van der Waals surface area (Å²) in [6.45, 7) is 3.04. The van der Waals surface area contributed by atoms with Gasteiger partial charge in [0.15, 0.2) is 17.8 Å².